The van der Waals surface area contributed by atoms with Crippen molar-refractivity contribution >= 4 is 13.4 Å². The highest BCUT2D eigenvalue weighted by Crippen LogP contribution is 2.10. The number of hydrogen-bond acceptors (Lipinski definition) is 3. The van der Waals surface area contributed by atoms with Crippen LogP contribution in [0.15, 0.2) is 30.5 Å². The van der Waals surface area contributed by atoms with Crippen LogP contribution in [-0.2, 0) is 6.42 Å². The second kappa shape index (κ2) is 5.67. The van der Waals surface area contributed by atoms with Gasteiger partial charge in [0.2, 0.25) is 0 Å². The van der Waals surface area contributed by atoms with Gasteiger partial charge in [-0.1, -0.05) is 37.0 Å². The van der Waals surface area contributed by atoms with Gasteiger partial charge in [0, 0.05) is 12.8 Å². The lowest BCUT2D eigenvalue weighted by atomic mass is 10.1. The molecule has 0 atom stereocenters. The first kappa shape index (κ1) is 14.0. The largest absolute Gasteiger partial charge is 0.396 e. The molecule has 0 fully saturated rings. The Labute approximate surface area is 115 Å². The van der Waals surface area contributed by atoms with Crippen molar-refractivity contribution in [3.63, 3.8) is 0 Å². The maximum atomic E-state index is 8.82. The molecule has 1 aromatic carbocycles. The Morgan fingerprint density at radius 2 is 1.84 bits per heavy atom. The normalized spacial score (nSPS) is 11.8. The van der Waals surface area contributed by atoms with E-state index in [-0.39, 0.29) is 6.61 Å². The molecule has 0 aliphatic carbocycles. The summed E-state index contributed by atoms with van der Waals surface area (Å²) in [5, 5.41) is 18.4. The lowest BCUT2D eigenvalue weighted by molar-refractivity contribution is 0.288. The third-order valence-electron chi connectivity index (χ3n) is 3.09. The predicted molar refractivity (Wildman–Crippen MR) is 79.7 cm³/mol. The van der Waals surface area contributed by atoms with Crippen LogP contribution in [-0.4, -0.2) is 34.8 Å². The van der Waals surface area contributed by atoms with Crippen LogP contribution in [0, 0.1) is 0 Å². The van der Waals surface area contributed by atoms with Gasteiger partial charge in [-0.3, -0.25) is 0 Å². The summed E-state index contributed by atoms with van der Waals surface area (Å²) in [5.74, 6) is 0. The Bertz CT molecular complexity index is 528. The van der Waals surface area contributed by atoms with Crippen molar-refractivity contribution in [2.75, 3.05) is 6.61 Å². The molecule has 0 saturated heterocycles. The number of aryl methyl sites for hydroxylation is 1. The van der Waals surface area contributed by atoms with Crippen LogP contribution in [0.4, 0.5) is 0 Å². The van der Waals surface area contributed by atoms with Crippen LogP contribution in [0.1, 0.15) is 12.0 Å². The Kier molecular flexibility index (Phi) is 4.16. The van der Waals surface area contributed by atoms with E-state index in [0.717, 1.165) is 23.8 Å². The highest BCUT2D eigenvalue weighted by molar-refractivity contribution is 6.88. The maximum Gasteiger partial charge on any atom is 0.106 e. The van der Waals surface area contributed by atoms with Gasteiger partial charge >= 0.3 is 0 Å². The van der Waals surface area contributed by atoms with Crippen LogP contribution in [0.25, 0.3) is 5.69 Å². The van der Waals surface area contributed by atoms with E-state index in [9.17, 15) is 0 Å². The summed E-state index contributed by atoms with van der Waals surface area (Å²) in [7, 11) is -1.40. The van der Waals surface area contributed by atoms with E-state index in [0.29, 0.717) is 0 Å². The van der Waals surface area contributed by atoms with Crippen LogP contribution in [0.2, 0.25) is 19.6 Å². The molecule has 0 unspecified atom stereocenters. The molecule has 0 saturated carbocycles. The molecule has 0 aliphatic heterocycles. The minimum atomic E-state index is -1.40. The van der Waals surface area contributed by atoms with Gasteiger partial charge in [0.25, 0.3) is 0 Å². The number of aliphatic hydroxyl groups is 1. The van der Waals surface area contributed by atoms with Gasteiger partial charge in [0.15, 0.2) is 0 Å². The molecule has 1 aromatic heterocycles. The van der Waals surface area contributed by atoms with Crippen LogP contribution in [0.3, 0.4) is 0 Å². The minimum absolute atomic E-state index is 0.240. The van der Waals surface area contributed by atoms with Crippen molar-refractivity contribution in [1.82, 2.24) is 15.0 Å². The summed E-state index contributed by atoms with van der Waals surface area (Å²) in [6, 6.07) is 8.27. The van der Waals surface area contributed by atoms with Crippen molar-refractivity contribution in [2.45, 2.75) is 32.5 Å². The van der Waals surface area contributed by atoms with Gasteiger partial charge in [-0.15, -0.1) is 5.10 Å². The quantitative estimate of drug-likeness (QED) is 0.846. The summed E-state index contributed by atoms with van der Waals surface area (Å²) in [6.45, 7) is 7.03. The number of aromatic nitrogens is 3. The van der Waals surface area contributed by atoms with Gasteiger partial charge in [-0.2, -0.15) is 0 Å². The van der Waals surface area contributed by atoms with Crippen molar-refractivity contribution in [1.29, 1.82) is 0 Å². The molecule has 2 rings (SSSR count). The highest BCUT2D eigenvalue weighted by atomic mass is 28.3. The first-order valence-corrected chi connectivity index (χ1v) is 10.1. The molecule has 19 heavy (non-hydrogen) atoms. The monoisotopic (exact) mass is 275 g/mol. The van der Waals surface area contributed by atoms with Crippen molar-refractivity contribution in [3.8, 4) is 5.69 Å². The Morgan fingerprint density at radius 1 is 1.16 bits per heavy atom. The van der Waals surface area contributed by atoms with Crippen LogP contribution in [0.5, 0.6) is 0 Å². The fourth-order valence-corrected chi connectivity index (χ4v) is 2.69. The Balaban J connectivity index is 2.16. The standard InChI is InChI=1S/C14H21N3OSi/c1-19(2,3)14-11-17(16-15-14)13-8-6-12(7-9-13)5-4-10-18/h6-9,11,18H,4-5,10H2,1-3H3. The zero-order valence-corrected chi connectivity index (χ0v) is 12.8. The fourth-order valence-electron chi connectivity index (χ4n) is 1.83. The van der Waals surface area contributed by atoms with Gasteiger partial charge in [-0.25, -0.2) is 4.68 Å². The highest BCUT2D eigenvalue weighted by Gasteiger charge is 2.20. The molecule has 0 aliphatic rings. The van der Waals surface area contributed by atoms with E-state index in [4.69, 9.17) is 5.11 Å². The molecule has 0 bridgehead atoms. The molecule has 0 amide bonds. The average Bonchev–Trinajstić information content (AvgIpc) is 2.86. The lowest BCUT2D eigenvalue weighted by Gasteiger charge is -2.09. The number of hydrogen-bond donors (Lipinski definition) is 1. The first-order valence-electron chi connectivity index (χ1n) is 6.64. The van der Waals surface area contributed by atoms with E-state index in [2.05, 4.69) is 54.2 Å². The molecule has 2 aromatic rings. The first-order chi connectivity index (χ1) is 9.00. The summed E-state index contributed by atoms with van der Waals surface area (Å²) in [4.78, 5) is 0. The van der Waals surface area contributed by atoms with Crippen molar-refractivity contribution in [3.05, 3.63) is 36.0 Å². The van der Waals surface area contributed by atoms with Crippen LogP contribution >= 0.6 is 0 Å². The Morgan fingerprint density at radius 3 is 2.37 bits per heavy atom. The summed E-state index contributed by atoms with van der Waals surface area (Å²) >= 11 is 0. The SMILES string of the molecule is C[Si](C)(C)c1cn(-c2ccc(CCCO)cc2)nn1. The van der Waals surface area contributed by atoms with E-state index >= 15 is 0 Å². The molecule has 0 spiro atoms. The second-order valence-corrected chi connectivity index (χ2v) is 10.8. The van der Waals surface area contributed by atoms with E-state index < -0.39 is 8.07 Å². The Hall–Kier alpha value is -1.46. The summed E-state index contributed by atoms with van der Waals surface area (Å²) < 4.78 is 1.84. The zero-order valence-electron chi connectivity index (χ0n) is 11.8. The molecule has 1 N–H and O–H groups in total. The lowest BCUT2D eigenvalue weighted by Crippen LogP contribution is -2.38. The van der Waals surface area contributed by atoms with Crippen LogP contribution < -0.4 is 5.32 Å². The maximum absolute atomic E-state index is 8.82. The molecule has 1 heterocycles. The molecule has 4 nitrogen and oxygen atoms in total. The van der Waals surface area contributed by atoms with E-state index in [1.165, 1.54) is 5.56 Å². The second-order valence-electron chi connectivity index (χ2n) is 5.79. The summed E-state index contributed by atoms with van der Waals surface area (Å²) in [5.41, 5.74) is 2.27. The van der Waals surface area contributed by atoms with E-state index in [1.54, 1.807) is 0 Å². The van der Waals surface area contributed by atoms with E-state index in [1.807, 2.05) is 10.9 Å². The smallest absolute Gasteiger partial charge is 0.106 e. The molecular formula is C14H21N3OSi. The third kappa shape index (κ3) is 3.51. The number of benzene rings is 1. The number of rotatable bonds is 5. The van der Waals surface area contributed by atoms with Gasteiger partial charge < -0.3 is 5.11 Å². The van der Waals surface area contributed by atoms with Gasteiger partial charge in [0.05, 0.1) is 11.0 Å². The zero-order chi connectivity index (χ0) is 13.9. The molecular weight excluding hydrogens is 254 g/mol. The van der Waals surface area contributed by atoms with Crippen molar-refractivity contribution < 1.29 is 5.11 Å². The molecule has 102 valence electrons. The average molecular weight is 275 g/mol. The molecule has 0 radical (unpaired) electrons. The number of nitrogens with zero attached hydrogens (tertiary/aromatic N) is 3. The predicted octanol–water partition coefficient (Wildman–Crippen LogP) is 1.74. The summed E-state index contributed by atoms with van der Waals surface area (Å²) in [6.07, 6.45) is 3.76. The fraction of sp³-hybridized carbons (Fsp3) is 0.429. The minimum Gasteiger partial charge on any atom is -0.396 e. The molecule has 5 heteroatoms. The van der Waals surface area contributed by atoms with Crippen molar-refractivity contribution in [2.24, 2.45) is 0 Å². The topological polar surface area (TPSA) is 50.9 Å². The van der Waals surface area contributed by atoms with Gasteiger partial charge in [0.1, 0.15) is 8.07 Å². The van der Waals surface area contributed by atoms with Gasteiger partial charge in [-0.05, 0) is 30.5 Å². The number of aliphatic hydroxyl groups excluding tert-OH is 1. The third-order valence-corrected chi connectivity index (χ3v) is 4.85.